The summed E-state index contributed by atoms with van der Waals surface area (Å²) in [5.41, 5.74) is 3.38. The molecule has 146 valence electrons. The molecule has 28 heavy (non-hydrogen) atoms. The van der Waals surface area contributed by atoms with Crippen molar-refractivity contribution in [1.29, 1.82) is 0 Å². The highest BCUT2D eigenvalue weighted by Gasteiger charge is 2.18. The Kier molecular flexibility index (Phi) is 4.92. The second kappa shape index (κ2) is 7.52. The second-order valence-corrected chi connectivity index (χ2v) is 7.13. The summed E-state index contributed by atoms with van der Waals surface area (Å²) < 4.78 is 7.03. The topological polar surface area (TPSA) is 79.1 Å². The zero-order chi connectivity index (χ0) is 19.7. The highest BCUT2D eigenvalue weighted by atomic mass is 16.5. The maximum atomic E-state index is 12.8. The van der Waals surface area contributed by atoms with Crippen molar-refractivity contribution in [2.24, 2.45) is 0 Å². The number of fused-ring (bicyclic) bond motifs is 1. The minimum absolute atomic E-state index is 0.0775. The van der Waals surface area contributed by atoms with Gasteiger partial charge in [0.2, 0.25) is 0 Å². The predicted octanol–water partition coefficient (Wildman–Crippen LogP) is 2.72. The van der Waals surface area contributed by atoms with E-state index in [1.807, 2.05) is 32.2 Å². The van der Waals surface area contributed by atoms with Crippen molar-refractivity contribution in [2.75, 3.05) is 36.5 Å². The fourth-order valence-corrected chi connectivity index (χ4v) is 3.52. The van der Waals surface area contributed by atoms with Gasteiger partial charge < -0.3 is 20.1 Å². The van der Waals surface area contributed by atoms with Crippen LogP contribution in [-0.4, -0.2) is 40.8 Å². The lowest BCUT2D eigenvalue weighted by atomic mass is 10.1. The molecule has 0 bridgehead atoms. The smallest absolute Gasteiger partial charge is 0.259 e. The zero-order valence-electron chi connectivity index (χ0n) is 16.1. The number of hydrogen-bond acceptors (Lipinski definition) is 6. The molecule has 1 aliphatic heterocycles. The summed E-state index contributed by atoms with van der Waals surface area (Å²) in [6.07, 6.45) is 1.82. The van der Waals surface area contributed by atoms with Crippen LogP contribution in [0, 0.1) is 6.92 Å². The largest absolute Gasteiger partial charge is 0.508 e. The van der Waals surface area contributed by atoms with Crippen LogP contribution in [-0.2, 0) is 4.74 Å². The number of morpholine rings is 1. The number of aromatic hydroxyl groups is 1. The highest BCUT2D eigenvalue weighted by Crippen LogP contribution is 2.25. The molecule has 0 spiro atoms. The predicted molar refractivity (Wildman–Crippen MR) is 109 cm³/mol. The lowest BCUT2D eigenvalue weighted by Gasteiger charge is -2.28. The standard InChI is InChI=1S/C21H24N4O3/c1-14-11-18(15(2)22-16-3-5-17(26)6-4-16)21-23-19(12-20(27)25(21)13-14)24-7-9-28-10-8-24/h3-6,11-13,15,22,26H,7-10H2,1-2H3. The van der Waals surface area contributed by atoms with E-state index in [-0.39, 0.29) is 17.4 Å². The summed E-state index contributed by atoms with van der Waals surface area (Å²) >= 11 is 0. The quantitative estimate of drug-likeness (QED) is 0.678. The number of aryl methyl sites for hydroxylation is 1. The molecule has 2 N–H and O–H groups in total. The van der Waals surface area contributed by atoms with Crippen molar-refractivity contribution in [2.45, 2.75) is 19.9 Å². The third-order valence-electron chi connectivity index (χ3n) is 4.96. The molecule has 1 aromatic carbocycles. The summed E-state index contributed by atoms with van der Waals surface area (Å²) in [4.78, 5) is 19.7. The van der Waals surface area contributed by atoms with Gasteiger partial charge in [-0.05, 0) is 49.7 Å². The Hall–Kier alpha value is -3.06. The number of nitrogens with one attached hydrogen (secondary N) is 1. The van der Waals surface area contributed by atoms with Crippen molar-refractivity contribution in [3.8, 4) is 5.75 Å². The third kappa shape index (κ3) is 3.66. The van der Waals surface area contributed by atoms with Gasteiger partial charge in [0.1, 0.15) is 17.2 Å². The lowest BCUT2D eigenvalue weighted by Crippen LogP contribution is -2.37. The molecular weight excluding hydrogens is 356 g/mol. The van der Waals surface area contributed by atoms with E-state index in [0.717, 1.165) is 29.9 Å². The van der Waals surface area contributed by atoms with Crippen LogP contribution in [0.25, 0.3) is 5.65 Å². The van der Waals surface area contributed by atoms with Crippen LogP contribution in [0.3, 0.4) is 0 Å². The Labute approximate surface area is 163 Å². The maximum Gasteiger partial charge on any atom is 0.259 e. The van der Waals surface area contributed by atoms with E-state index in [4.69, 9.17) is 9.72 Å². The number of benzene rings is 1. The molecule has 0 saturated carbocycles. The normalized spacial score (nSPS) is 15.6. The van der Waals surface area contributed by atoms with Crippen molar-refractivity contribution in [3.63, 3.8) is 0 Å². The van der Waals surface area contributed by atoms with E-state index in [2.05, 4.69) is 16.3 Å². The minimum Gasteiger partial charge on any atom is -0.508 e. The van der Waals surface area contributed by atoms with Gasteiger partial charge in [-0.15, -0.1) is 0 Å². The first kappa shape index (κ1) is 18.3. The van der Waals surface area contributed by atoms with Gasteiger partial charge in [-0.2, -0.15) is 0 Å². The number of aromatic nitrogens is 2. The Balaban J connectivity index is 1.76. The zero-order valence-corrected chi connectivity index (χ0v) is 16.1. The number of nitrogens with zero attached hydrogens (tertiary/aromatic N) is 3. The maximum absolute atomic E-state index is 12.8. The Morgan fingerprint density at radius 1 is 1.18 bits per heavy atom. The number of phenolic OH excluding ortho intramolecular Hbond substituents is 1. The first-order valence-corrected chi connectivity index (χ1v) is 9.43. The first-order chi connectivity index (χ1) is 13.5. The van der Waals surface area contributed by atoms with Crippen molar-refractivity contribution >= 4 is 17.2 Å². The molecule has 7 heteroatoms. The molecule has 3 heterocycles. The van der Waals surface area contributed by atoms with E-state index < -0.39 is 0 Å². The third-order valence-corrected chi connectivity index (χ3v) is 4.96. The summed E-state index contributed by atoms with van der Waals surface area (Å²) in [6.45, 7) is 6.74. The number of pyridine rings is 1. The summed E-state index contributed by atoms with van der Waals surface area (Å²) in [5.74, 6) is 0.915. The van der Waals surface area contributed by atoms with Crippen molar-refractivity contribution in [1.82, 2.24) is 9.38 Å². The van der Waals surface area contributed by atoms with Gasteiger partial charge in [0.05, 0.1) is 19.3 Å². The molecule has 1 fully saturated rings. The van der Waals surface area contributed by atoms with Gasteiger partial charge in [0.15, 0.2) is 0 Å². The van der Waals surface area contributed by atoms with Crippen LogP contribution in [0.2, 0.25) is 0 Å². The molecule has 1 atom stereocenters. The van der Waals surface area contributed by atoms with E-state index >= 15 is 0 Å². The van der Waals surface area contributed by atoms with Gasteiger partial charge in [0.25, 0.3) is 5.56 Å². The SMILES string of the molecule is Cc1cc(C(C)Nc2ccc(O)cc2)c2nc(N3CCOCC3)cc(=O)n2c1. The molecule has 1 unspecified atom stereocenters. The number of rotatable bonds is 4. The summed E-state index contributed by atoms with van der Waals surface area (Å²) in [6, 6.07) is 10.5. The second-order valence-electron chi connectivity index (χ2n) is 7.13. The summed E-state index contributed by atoms with van der Waals surface area (Å²) in [5, 5.41) is 12.9. The average Bonchev–Trinajstić information content (AvgIpc) is 2.70. The van der Waals surface area contributed by atoms with Crippen LogP contribution < -0.4 is 15.8 Å². The number of ether oxygens (including phenoxy) is 1. The molecule has 0 aliphatic carbocycles. The number of phenols is 1. The Morgan fingerprint density at radius 2 is 1.89 bits per heavy atom. The van der Waals surface area contributed by atoms with E-state index in [1.165, 1.54) is 0 Å². The van der Waals surface area contributed by atoms with Crippen LogP contribution in [0.15, 0.2) is 47.4 Å². The molecular formula is C21H24N4O3. The molecule has 1 saturated heterocycles. The molecule has 1 aliphatic rings. The molecule has 0 amide bonds. The van der Waals surface area contributed by atoms with Crippen LogP contribution in [0.4, 0.5) is 11.5 Å². The van der Waals surface area contributed by atoms with Gasteiger partial charge >= 0.3 is 0 Å². The first-order valence-electron chi connectivity index (χ1n) is 9.43. The van der Waals surface area contributed by atoms with Gasteiger partial charge in [-0.3, -0.25) is 9.20 Å². The van der Waals surface area contributed by atoms with Gasteiger partial charge in [0, 0.05) is 36.6 Å². The van der Waals surface area contributed by atoms with Crippen molar-refractivity contribution < 1.29 is 9.84 Å². The Morgan fingerprint density at radius 3 is 2.61 bits per heavy atom. The van der Waals surface area contributed by atoms with E-state index in [1.54, 1.807) is 22.6 Å². The monoisotopic (exact) mass is 380 g/mol. The highest BCUT2D eigenvalue weighted by molar-refractivity contribution is 5.58. The Bertz CT molecular complexity index is 1040. The number of anilines is 2. The molecule has 4 rings (SSSR count). The van der Waals surface area contributed by atoms with Crippen LogP contribution >= 0.6 is 0 Å². The van der Waals surface area contributed by atoms with Gasteiger partial charge in [-0.25, -0.2) is 4.98 Å². The average molecular weight is 380 g/mol. The van der Waals surface area contributed by atoms with E-state index in [9.17, 15) is 9.90 Å². The van der Waals surface area contributed by atoms with Crippen LogP contribution in [0.5, 0.6) is 5.75 Å². The fourth-order valence-electron chi connectivity index (χ4n) is 3.52. The molecule has 0 radical (unpaired) electrons. The fraction of sp³-hybridized carbons (Fsp3) is 0.333. The summed E-state index contributed by atoms with van der Waals surface area (Å²) in [7, 11) is 0. The molecule has 7 nitrogen and oxygen atoms in total. The van der Waals surface area contributed by atoms with Crippen LogP contribution in [0.1, 0.15) is 24.1 Å². The molecule has 2 aromatic heterocycles. The lowest BCUT2D eigenvalue weighted by molar-refractivity contribution is 0.122. The van der Waals surface area contributed by atoms with Crippen molar-refractivity contribution in [3.05, 3.63) is 64.1 Å². The minimum atomic E-state index is -0.0896. The van der Waals surface area contributed by atoms with E-state index in [0.29, 0.717) is 24.7 Å². The van der Waals surface area contributed by atoms with Gasteiger partial charge in [-0.1, -0.05) is 0 Å². The molecule has 3 aromatic rings. The number of hydrogen-bond donors (Lipinski definition) is 2.